The first kappa shape index (κ1) is 9.00. The Kier molecular flexibility index (Phi) is 2.65. The van der Waals surface area contributed by atoms with Gasteiger partial charge in [-0.1, -0.05) is 0 Å². The van der Waals surface area contributed by atoms with E-state index in [-0.39, 0.29) is 17.6 Å². The zero-order valence-electron chi connectivity index (χ0n) is 7.30. The Morgan fingerprint density at radius 1 is 1.50 bits per heavy atom. The molecule has 12 heavy (non-hydrogen) atoms. The molecule has 1 atom stereocenters. The Bertz CT molecular complexity index is 273. The summed E-state index contributed by atoms with van der Waals surface area (Å²) in [6.45, 7) is 1.92. The number of rotatable bonds is 2. The zero-order chi connectivity index (χ0) is 9.14. The third-order valence-electron chi connectivity index (χ3n) is 1.74. The van der Waals surface area contributed by atoms with E-state index in [1.807, 2.05) is 13.0 Å². The smallest absolute Gasteiger partial charge is 0.165 e. The van der Waals surface area contributed by atoms with E-state index in [0.717, 1.165) is 5.56 Å². The molecule has 1 aromatic rings. The molecule has 0 radical (unpaired) electrons. The molecular weight excluding hydrogens is 157 g/mol. The number of ether oxygens (including phenoxy) is 1. The van der Waals surface area contributed by atoms with Crippen LogP contribution in [0.15, 0.2) is 18.2 Å². The van der Waals surface area contributed by atoms with E-state index in [1.165, 1.54) is 13.2 Å². The number of quaternary nitrogens is 1. The molecule has 1 rings (SSSR count). The van der Waals surface area contributed by atoms with Gasteiger partial charge in [-0.3, -0.25) is 0 Å². The van der Waals surface area contributed by atoms with Crippen LogP contribution in [0, 0.1) is 5.82 Å². The highest BCUT2D eigenvalue weighted by Crippen LogP contribution is 2.19. The monoisotopic (exact) mass is 170 g/mol. The normalized spacial score (nSPS) is 12.7. The average molecular weight is 170 g/mol. The summed E-state index contributed by atoms with van der Waals surface area (Å²) in [5.74, 6) is -0.0510. The molecule has 3 N–H and O–H groups in total. The van der Waals surface area contributed by atoms with Gasteiger partial charge in [0.1, 0.15) is 6.04 Å². The maximum absolute atomic E-state index is 13.1. The predicted octanol–water partition coefficient (Wildman–Crippen LogP) is 1.14. The van der Waals surface area contributed by atoms with Crippen LogP contribution >= 0.6 is 0 Å². The minimum atomic E-state index is -0.328. The van der Waals surface area contributed by atoms with Crippen molar-refractivity contribution in [2.45, 2.75) is 13.0 Å². The van der Waals surface area contributed by atoms with Crippen molar-refractivity contribution in [3.63, 3.8) is 0 Å². The molecule has 0 fully saturated rings. The molecule has 0 spiro atoms. The van der Waals surface area contributed by atoms with E-state index in [1.54, 1.807) is 6.07 Å². The highest BCUT2D eigenvalue weighted by molar-refractivity contribution is 5.29. The summed E-state index contributed by atoms with van der Waals surface area (Å²) >= 11 is 0. The minimum absolute atomic E-state index is 0.102. The van der Waals surface area contributed by atoms with Gasteiger partial charge in [0.05, 0.1) is 7.11 Å². The summed E-state index contributed by atoms with van der Waals surface area (Å²) in [4.78, 5) is 0. The number of halogens is 1. The Labute approximate surface area is 71.1 Å². The first-order valence-electron chi connectivity index (χ1n) is 3.81. The van der Waals surface area contributed by atoms with Gasteiger partial charge in [0, 0.05) is 5.56 Å². The fraction of sp³-hybridized carbons (Fsp3) is 0.333. The molecule has 0 amide bonds. The standard InChI is InChI=1S/C9H12FNO/c1-6(11)7-3-4-9(12-2)8(10)5-7/h3-6H,11H2,1-2H3/p+1/t6-/m0/s1. The van der Waals surface area contributed by atoms with Gasteiger partial charge in [-0.2, -0.15) is 0 Å². The van der Waals surface area contributed by atoms with Gasteiger partial charge >= 0.3 is 0 Å². The maximum atomic E-state index is 13.1. The van der Waals surface area contributed by atoms with Crippen LogP contribution in [0.1, 0.15) is 18.5 Å². The van der Waals surface area contributed by atoms with Crippen LogP contribution in [0.4, 0.5) is 4.39 Å². The zero-order valence-corrected chi connectivity index (χ0v) is 7.30. The number of methoxy groups -OCH3 is 1. The van der Waals surface area contributed by atoms with Crippen LogP contribution < -0.4 is 10.5 Å². The number of hydrogen-bond donors (Lipinski definition) is 1. The lowest BCUT2D eigenvalue weighted by atomic mass is 10.1. The molecule has 0 saturated carbocycles. The highest BCUT2D eigenvalue weighted by Gasteiger charge is 2.07. The Morgan fingerprint density at radius 3 is 2.58 bits per heavy atom. The van der Waals surface area contributed by atoms with E-state index in [4.69, 9.17) is 4.74 Å². The predicted molar refractivity (Wildman–Crippen MR) is 44.3 cm³/mol. The van der Waals surface area contributed by atoms with Crippen LogP contribution in [0.25, 0.3) is 0 Å². The van der Waals surface area contributed by atoms with Gasteiger partial charge in [0.15, 0.2) is 11.6 Å². The van der Waals surface area contributed by atoms with Gasteiger partial charge in [0.2, 0.25) is 0 Å². The van der Waals surface area contributed by atoms with Gasteiger partial charge in [-0.15, -0.1) is 0 Å². The lowest BCUT2D eigenvalue weighted by Crippen LogP contribution is -2.51. The largest absolute Gasteiger partial charge is 0.494 e. The topological polar surface area (TPSA) is 36.9 Å². The minimum Gasteiger partial charge on any atom is -0.494 e. The molecule has 0 saturated heterocycles. The average Bonchev–Trinajstić information content (AvgIpc) is 2.04. The third kappa shape index (κ3) is 1.74. The van der Waals surface area contributed by atoms with Crippen LogP contribution in [0.5, 0.6) is 5.75 Å². The van der Waals surface area contributed by atoms with Gasteiger partial charge in [0.25, 0.3) is 0 Å². The molecule has 66 valence electrons. The SMILES string of the molecule is COc1ccc([C@H](C)[NH3+])cc1F. The van der Waals surface area contributed by atoms with Crippen molar-refractivity contribution in [3.8, 4) is 5.75 Å². The first-order chi connectivity index (χ1) is 5.65. The second kappa shape index (κ2) is 3.54. The molecule has 0 aromatic heterocycles. The molecule has 0 aliphatic heterocycles. The molecule has 0 aliphatic carbocycles. The van der Waals surface area contributed by atoms with Crippen molar-refractivity contribution in [1.29, 1.82) is 0 Å². The van der Waals surface area contributed by atoms with Crippen molar-refractivity contribution >= 4 is 0 Å². The summed E-state index contributed by atoms with van der Waals surface area (Å²) in [5, 5.41) is 0. The summed E-state index contributed by atoms with van der Waals surface area (Å²) in [7, 11) is 1.45. The van der Waals surface area contributed by atoms with Crippen molar-refractivity contribution in [1.82, 2.24) is 0 Å². The van der Waals surface area contributed by atoms with E-state index in [2.05, 4.69) is 5.73 Å². The van der Waals surface area contributed by atoms with Crippen molar-refractivity contribution in [2.75, 3.05) is 7.11 Å². The molecule has 0 bridgehead atoms. The van der Waals surface area contributed by atoms with Crippen molar-refractivity contribution in [2.24, 2.45) is 0 Å². The van der Waals surface area contributed by atoms with E-state index >= 15 is 0 Å². The summed E-state index contributed by atoms with van der Waals surface area (Å²) < 4.78 is 17.8. The molecular formula is C9H13FNO+. The fourth-order valence-electron chi connectivity index (χ4n) is 0.989. The fourth-order valence-corrected chi connectivity index (χ4v) is 0.989. The van der Waals surface area contributed by atoms with Crippen molar-refractivity contribution < 1.29 is 14.9 Å². The lowest BCUT2D eigenvalue weighted by Gasteiger charge is -2.05. The van der Waals surface area contributed by atoms with E-state index in [9.17, 15) is 4.39 Å². The second-order valence-corrected chi connectivity index (χ2v) is 2.80. The highest BCUT2D eigenvalue weighted by atomic mass is 19.1. The van der Waals surface area contributed by atoms with Crippen molar-refractivity contribution in [3.05, 3.63) is 29.6 Å². The molecule has 2 nitrogen and oxygen atoms in total. The van der Waals surface area contributed by atoms with Crippen LogP contribution in [0.2, 0.25) is 0 Å². The third-order valence-corrected chi connectivity index (χ3v) is 1.74. The first-order valence-corrected chi connectivity index (χ1v) is 3.81. The Balaban J connectivity index is 3.02. The maximum Gasteiger partial charge on any atom is 0.165 e. The molecule has 0 unspecified atom stereocenters. The Hall–Kier alpha value is -1.09. The van der Waals surface area contributed by atoms with Gasteiger partial charge in [-0.25, -0.2) is 4.39 Å². The van der Waals surface area contributed by atoms with E-state index < -0.39 is 0 Å². The Morgan fingerprint density at radius 2 is 2.17 bits per heavy atom. The van der Waals surface area contributed by atoms with Crippen LogP contribution in [-0.2, 0) is 0 Å². The molecule has 3 heteroatoms. The second-order valence-electron chi connectivity index (χ2n) is 2.80. The molecule has 0 aliphatic rings. The van der Waals surface area contributed by atoms with Gasteiger partial charge in [-0.05, 0) is 25.1 Å². The summed E-state index contributed by atoms with van der Waals surface area (Å²) in [6, 6.07) is 4.99. The summed E-state index contributed by atoms with van der Waals surface area (Å²) in [5.41, 5.74) is 4.68. The van der Waals surface area contributed by atoms with Crippen LogP contribution in [0.3, 0.4) is 0 Å². The number of hydrogen-bond acceptors (Lipinski definition) is 1. The lowest BCUT2D eigenvalue weighted by molar-refractivity contribution is -0.420. The van der Waals surface area contributed by atoms with Gasteiger partial charge < -0.3 is 10.5 Å². The quantitative estimate of drug-likeness (QED) is 0.710. The number of benzene rings is 1. The summed E-state index contributed by atoms with van der Waals surface area (Å²) in [6.07, 6.45) is 0. The van der Waals surface area contributed by atoms with Crippen LogP contribution in [-0.4, -0.2) is 7.11 Å². The molecule has 1 aromatic carbocycles. The molecule has 0 heterocycles. The van der Waals surface area contributed by atoms with E-state index in [0.29, 0.717) is 0 Å².